The van der Waals surface area contributed by atoms with Crippen molar-refractivity contribution in [2.45, 2.75) is 66.3 Å². The molecule has 1 rings (SSSR count). The van der Waals surface area contributed by atoms with E-state index in [1.54, 1.807) is 0 Å². The van der Waals surface area contributed by atoms with Gasteiger partial charge in [0, 0.05) is 20.1 Å². The lowest BCUT2D eigenvalue weighted by Crippen LogP contribution is -2.38. The molecule has 0 radical (unpaired) electrons. The second-order valence-electron chi connectivity index (χ2n) is 6.48. The number of aliphatic imine (C=N–C) groups is 1. The van der Waals surface area contributed by atoms with E-state index in [-0.39, 0.29) is 0 Å². The van der Waals surface area contributed by atoms with Gasteiger partial charge in [-0.25, -0.2) is 4.99 Å². The van der Waals surface area contributed by atoms with Crippen LogP contribution in [0.1, 0.15) is 64.5 Å². The van der Waals surface area contributed by atoms with Crippen LogP contribution in [0.4, 0.5) is 0 Å². The van der Waals surface area contributed by atoms with Crippen molar-refractivity contribution in [3.8, 4) is 0 Å². The van der Waals surface area contributed by atoms with Gasteiger partial charge in [0.1, 0.15) is 12.4 Å². The lowest BCUT2D eigenvalue weighted by molar-refractivity contribution is 0.534. The Morgan fingerprint density at radius 2 is 1.83 bits per heavy atom. The van der Waals surface area contributed by atoms with Crippen molar-refractivity contribution in [2.24, 2.45) is 18.0 Å². The number of unbranched alkanes of at least 4 members (excludes halogenated alkanes) is 2. The zero-order valence-corrected chi connectivity index (χ0v) is 15.5. The molecule has 0 aliphatic heterocycles. The molecule has 1 aromatic rings. The topological polar surface area (TPSA) is 67.1 Å². The molecule has 6 heteroatoms. The minimum absolute atomic E-state index is 0.546. The Morgan fingerprint density at radius 1 is 1.13 bits per heavy atom. The largest absolute Gasteiger partial charge is 0.356 e. The molecule has 0 unspecified atom stereocenters. The molecular formula is C17H34N6. The number of aromatic nitrogens is 3. The van der Waals surface area contributed by atoms with Crippen molar-refractivity contribution >= 4 is 5.96 Å². The van der Waals surface area contributed by atoms with Crippen LogP contribution < -0.4 is 10.6 Å². The maximum atomic E-state index is 4.64. The minimum atomic E-state index is 0.546. The summed E-state index contributed by atoms with van der Waals surface area (Å²) < 4.78 is 1.98. The van der Waals surface area contributed by atoms with Crippen LogP contribution in [-0.2, 0) is 13.6 Å². The molecule has 23 heavy (non-hydrogen) atoms. The highest BCUT2D eigenvalue weighted by Gasteiger charge is 2.05. The molecule has 0 bridgehead atoms. The summed E-state index contributed by atoms with van der Waals surface area (Å²) in [7, 11) is 1.98. The summed E-state index contributed by atoms with van der Waals surface area (Å²) in [6.07, 6.45) is 6.05. The summed E-state index contributed by atoms with van der Waals surface area (Å²) in [5.74, 6) is 3.46. The van der Waals surface area contributed by atoms with Gasteiger partial charge in [0.05, 0.1) is 0 Å². The Hall–Kier alpha value is -1.59. The van der Waals surface area contributed by atoms with E-state index in [4.69, 9.17) is 0 Å². The van der Waals surface area contributed by atoms with Crippen molar-refractivity contribution in [1.82, 2.24) is 25.4 Å². The van der Waals surface area contributed by atoms with Gasteiger partial charge < -0.3 is 15.2 Å². The quantitative estimate of drug-likeness (QED) is 0.395. The van der Waals surface area contributed by atoms with Gasteiger partial charge in [0.2, 0.25) is 0 Å². The zero-order chi connectivity index (χ0) is 17.1. The molecule has 0 saturated heterocycles. The summed E-state index contributed by atoms with van der Waals surface area (Å²) >= 11 is 0. The van der Waals surface area contributed by atoms with Gasteiger partial charge in [-0.3, -0.25) is 0 Å². The first-order valence-corrected chi connectivity index (χ1v) is 8.91. The summed E-state index contributed by atoms with van der Waals surface area (Å²) in [4.78, 5) is 4.64. The molecule has 0 amide bonds. The minimum Gasteiger partial charge on any atom is -0.356 e. The molecule has 0 saturated carbocycles. The summed E-state index contributed by atoms with van der Waals surface area (Å²) in [6.45, 7) is 11.2. The summed E-state index contributed by atoms with van der Waals surface area (Å²) in [5.41, 5.74) is 0. The second-order valence-corrected chi connectivity index (χ2v) is 6.48. The van der Waals surface area contributed by atoms with Gasteiger partial charge >= 0.3 is 0 Å². The Kier molecular flexibility index (Phi) is 9.33. The van der Waals surface area contributed by atoms with E-state index < -0.39 is 0 Å². The lowest BCUT2D eigenvalue weighted by atomic mass is 10.1. The van der Waals surface area contributed by atoms with Gasteiger partial charge in [0.15, 0.2) is 11.8 Å². The van der Waals surface area contributed by atoms with Gasteiger partial charge in [-0.2, -0.15) is 0 Å². The second kappa shape index (κ2) is 11.0. The fourth-order valence-electron chi connectivity index (χ4n) is 2.18. The predicted octanol–water partition coefficient (Wildman–Crippen LogP) is 2.79. The van der Waals surface area contributed by atoms with Gasteiger partial charge in [0.25, 0.3) is 0 Å². The van der Waals surface area contributed by atoms with Crippen LogP contribution in [0.5, 0.6) is 0 Å². The Balaban J connectivity index is 2.46. The highest BCUT2D eigenvalue weighted by Crippen LogP contribution is 2.05. The van der Waals surface area contributed by atoms with Crippen LogP contribution in [0.15, 0.2) is 4.99 Å². The third-order valence-corrected chi connectivity index (χ3v) is 3.88. The number of guanidine groups is 1. The maximum absolute atomic E-state index is 4.64. The summed E-state index contributed by atoms with van der Waals surface area (Å²) in [5, 5.41) is 15.1. The summed E-state index contributed by atoms with van der Waals surface area (Å²) in [6, 6.07) is 0. The third kappa shape index (κ3) is 8.00. The molecule has 1 heterocycles. The Bertz CT molecular complexity index is 464. The monoisotopic (exact) mass is 322 g/mol. The van der Waals surface area contributed by atoms with Gasteiger partial charge in [-0.15, -0.1) is 10.2 Å². The van der Waals surface area contributed by atoms with E-state index in [0.29, 0.717) is 6.54 Å². The molecule has 0 spiro atoms. The Morgan fingerprint density at radius 3 is 2.39 bits per heavy atom. The van der Waals surface area contributed by atoms with Crippen molar-refractivity contribution in [1.29, 1.82) is 0 Å². The molecule has 2 N–H and O–H groups in total. The number of nitrogens with one attached hydrogen (secondary N) is 2. The van der Waals surface area contributed by atoms with Crippen LogP contribution in [-0.4, -0.2) is 33.8 Å². The molecule has 0 aliphatic carbocycles. The van der Waals surface area contributed by atoms with Crippen LogP contribution in [0, 0.1) is 12.8 Å². The number of nitrogens with zero attached hydrogens (tertiary/aromatic N) is 4. The van der Waals surface area contributed by atoms with E-state index in [0.717, 1.165) is 43.0 Å². The normalized spacial score (nSPS) is 12.0. The molecular weight excluding hydrogens is 288 g/mol. The van der Waals surface area contributed by atoms with Gasteiger partial charge in [-0.05, 0) is 25.7 Å². The van der Waals surface area contributed by atoms with Crippen molar-refractivity contribution < 1.29 is 0 Å². The van der Waals surface area contributed by atoms with Crippen LogP contribution in [0.3, 0.4) is 0 Å². The van der Waals surface area contributed by atoms with Crippen LogP contribution in [0.2, 0.25) is 0 Å². The first kappa shape index (κ1) is 19.5. The van der Waals surface area contributed by atoms with E-state index in [2.05, 4.69) is 46.6 Å². The van der Waals surface area contributed by atoms with E-state index >= 15 is 0 Å². The number of hydrogen-bond donors (Lipinski definition) is 2. The number of rotatable bonds is 10. The zero-order valence-electron chi connectivity index (χ0n) is 15.5. The average molecular weight is 323 g/mol. The molecule has 132 valence electrons. The molecule has 0 fully saturated rings. The highest BCUT2D eigenvalue weighted by molar-refractivity contribution is 5.79. The molecule has 0 atom stereocenters. The number of aryl methyl sites for hydroxylation is 1. The Labute approximate surface area is 141 Å². The first-order valence-electron chi connectivity index (χ1n) is 8.91. The molecule has 6 nitrogen and oxygen atoms in total. The lowest BCUT2D eigenvalue weighted by Gasteiger charge is -2.12. The first-order chi connectivity index (χ1) is 11.0. The van der Waals surface area contributed by atoms with Crippen molar-refractivity contribution in [3.05, 3.63) is 11.6 Å². The highest BCUT2D eigenvalue weighted by atomic mass is 15.3. The third-order valence-electron chi connectivity index (χ3n) is 3.88. The van der Waals surface area contributed by atoms with E-state index in [1.165, 1.54) is 25.7 Å². The van der Waals surface area contributed by atoms with Crippen LogP contribution >= 0.6 is 0 Å². The molecule has 0 aromatic carbocycles. The van der Waals surface area contributed by atoms with Crippen molar-refractivity contribution in [2.75, 3.05) is 13.1 Å². The standard InChI is InChI=1S/C17H34N6/c1-6-7-11-18-17(19-12-9-8-10-14(2)3)20-13-16-22-21-15(4)23(16)5/h14H,6-13H2,1-5H3,(H2,18,19,20). The molecule has 0 aliphatic rings. The molecule has 1 aromatic heterocycles. The number of hydrogen-bond acceptors (Lipinski definition) is 3. The predicted molar refractivity (Wildman–Crippen MR) is 96.5 cm³/mol. The van der Waals surface area contributed by atoms with Crippen LogP contribution in [0.25, 0.3) is 0 Å². The SMILES string of the molecule is CCCCNC(=NCc1nnc(C)n1C)NCCCCC(C)C. The maximum Gasteiger partial charge on any atom is 0.191 e. The smallest absolute Gasteiger partial charge is 0.191 e. The van der Waals surface area contributed by atoms with Gasteiger partial charge in [-0.1, -0.05) is 40.0 Å². The van der Waals surface area contributed by atoms with Crippen molar-refractivity contribution in [3.63, 3.8) is 0 Å². The fraction of sp³-hybridized carbons (Fsp3) is 0.824. The average Bonchev–Trinajstić information content (AvgIpc) is 2.83. The fourth-order valence-corrected chi connectivity index (χ4v) is 2.18. The van der Waals surface area contributed by atoms with E-state index in [1.807, 2.05) is 18.5 Å². The van der Waals surface area contributed by atoms with E-state index in [9.17, 15) is 0 Å².